The summed E-state index contributed by atoms with van der Waals surface area (Å²) >= 11 is 0. The fourth-order valence-corrected chi connectivity index (χ4v) is 3.73. The minimum Gasteiger partial charge on any atom is -0.303 e. The molecule has 6 nitrogen and oxygen atoms in total. The molecule has 1 unspecified atom stereocenters. The molecule has 0 bridgehead atoms. The average Bonchev–Trinajstić information content (AvgIpc) is 2.65. The van der Waals surface area contributed by atoms with Gasteiger partial charge in [0, 0.05) is 12.5 Å². The molecule has 0 saturated carbocycles. The van der Waals surface area contributed by atoms with Crippen LogP contribution in [0.1, 0.15) is 26.3 Å². The van der Waals surface area contributed by atoms with E-state index in [1.807, 2.05) is 81.4 Å². The number of aliphatic imine (C=N–C) groups is 1. The van der Waals surface area contributed by atoms with Gasteiger partial charge in [0.25, 0.3) is 0 Å². The highest BCUT2D eigenvalue weighted by atomic mass is 32.2. The Hall–Kier alpha value is -2.64. The number of nitrogens with zero attached hydrogens (tertiary/aromatic N) is 2. The Morgan fingerprint density at radius 1 is 1.04 bits per heavy atom. The Kier molecular flexibility index (Phi) is 5.58. The molecule has 2 aromatic rings. The van der Waals surface area contributed by atoms with E-state index in [1.54, 1.807) is 11.1 Å². The number of benzene rings is 2. The number of sulfone groups is 1. The molecule has 148 valence electrons. The van der Waals surface area contributed by atoms with Crippen LogP contribution in [0.5, 0.6) is 0 Å². The number of para-hydroxylation sites is 2. The average molecular weight is 400 g/mol. The first-order valence-electron chi connectivity index (χ1n) is 8.97. The van der Waals surface area contributed by atoms with Crippen molar-refractivity contribution in [1.82, 2.24) is 0 Å². The maximum absolute atomic E-state index is 12.5. The lowest BCUT2D eigenvalue weighted by atomic mass is 10.1. The summed E-state index contributed by atoms with van der Waals surface area (Å²) in [7, 11) is -3.51. The highest BCUT2D eigenvalue weighted by molar-refractivity contribution is 7.91. The molecule has 0 aliphatic carbocycles. The van der Waals surface area contributed by atoms with Crippen molar-refractivity contribution in [3.8, 4) is 0 Å². The molecule has 1 heterocycles. The maximum Gasteiger partial charge on any atom is 0.228 e. The number of hydrogen-bond donors (Lipinski definition) is 1. The van der Waals surface area contributed by atoms with Crippen LogP contribution in [0.25, 0.3) is 5.70 Å². The van der Waals surface area contributed by atoms with Crippen molar-refractivity contribution < 1.29 is 13.3 Å². The Morgan fingerprint density at radius 3 is 2.32 bits per heavy atom. The lowest BCUT2D eigenvalue weighted by Crippen LogP contribution is -2.40. The minimum atomic E-state index is -3.51. The molecular weight excluding hydrogens is 374 g/mol. The molecule has 1 N–H and O–H groups in total. The molecule has 1 atom stereocenters. The molecule has 0 amide bonds. The molecule has 28 heavy (non-hydrogen) atoms. The number of anilines is 2. The lowest BCUT2D eigenvalue weighted by Gasteiger charge is -2.35. The van der Waals surface area contributed by atoms with Crippen molar-refractivity contribution in [2.24, 2.45) is 4.99 Å². The van der Waals surface area contributed by atoms with E-state index in [9.17, 15) is 8.42 Å². The van der Waals surface area contributed by atoms with Crippen LogP contribution < -0.4 is 10.4 Å². The Balaban J connectivity index is 2.12. The third-order valence-electron chi connectivity index (χ3n) is 4.01. The van der Waals surface area contributed by atoms with Crippen molar-refractivity contribution in [3.63, 3.8) is 0 Å². The quantitative estimate of drug-likeness (QED) is 0.767. The van der Waals surface area contributed by atoms with Crippen LogP contribution >= 0.6 is 0 Å². The van der Waals surface area contributed by atoms with Gasteiger partial charge in [-0.3, -0.25) is 15.3 Å². The van der Waals surface area contributed by atoms with E-state index in [1.165, 1.54) is 6.26 Å². The summed E-state index contributed by atoms with van der Waals surface area (Å²) in [6.07, 6.45) is 4.56. The largest absolute Gasteiger partial charge is 0.303 e. The van der Waals surface area contributed by atoms with Crippen molar-refractivity contribution >= 4 is 33.1 Å². The normalized spacial score (nSPS) is 17.4. The van der Waals surface area contributed by atoms with Crippen LogP contribution in [-0.2, 0) is 14.7 Å². The first-order valence-corrected chi connectivity index (χ1v) is 10.9. The summed E-state index contributed by atoms with van der Waals surface area (Å²) in [5.74, 6) is 0. The summed E-state index contributed by atoms with van der Waals surface area (Å²) in [6.45, 7) is 5.80. The summed E-state index contributed by atoms with van der Waals surface area (Å²) in [5.41, 5.74) is 4.46. The summed E-state index contributed by atoms with van der Waals surface area (Å²) in [5, 5.41) is 0. The molecule has 7 heteroatoms. The van der Waals surface area contributed by atoms with Crippen molar-refractivity contribution in [3.05, 3.63) is 66.2 Å². The second-order valence-corrected chi connectivity index (χ2v) is 9.66. The van der Waals surface area contributed by atoms with Gasteiger partial charge in [-0.2, -0.15) is 0 Å². The zero-order chi connectivity index (χ0) is 20.4. The van der Waals surface area contributed by atoms with Crippen molar-refractivity contribution in [2.75, 3.05) is 16.6 Å². The molecule has 0 saturated heterocycles. The summed E-state index contributed by atoms with van der Waals surface area (Å²) in [6, 6.07) is 17.1. The number of rotatable bonds is 5. The SMILES string of the molecule is CC(C)(C)ONc1ccccc1N1C(c2ccccc2)=CC=NC1S(C)(=O)=O. The molecule has 0 spiro atoms. The van der Waals surface area contributed by atoms with Gasteiger partial charge in [0.15, 0.2) is 9.84 Å². The van der Waals surface area contributed by atoms with E-state index in [0.29, 0.717) is 11.4 Å². The first kappa shape index (κ1) is 20.1. The molecule has 2 aromatic carbocycles. The van der Waals surface area contributed by atoms with Crippen LogP contribution in [0.3, 0.4) is 0 Å². The lowest BCUT2D eigenvalue weighted by molar-refractivity contribution is 0.0376. The van der Waals surface area contributed by atoms with Crippen LogP contribution in [-0.4, -0.2) is 32.0 Å². The molecular formula is C21H25N3O3S. The van der Waals surface area contributed by atoms with E-state index >= 15 is 0 Å². The molecule has 1 aliphatic rings. The van der Waals surface area contributed by atoms with Crippen LogP contribution in [0, 0.1) is 0 Å². The molecule has 1 aliphatic heterocycles. The van der Waals surface area contributed by atoms with Gasteiger partial charge >= 0.3 is 0 Å². The van der Waals surface area contributed by atoms with E-state index in [2.05, 4.69) is 10.5 Å². The highest BCUT2D eigenvalue weighted by Crippen LogP contribution is 2.37. The third-order valence-corrected chi connectivity index (χ3v) is 5.11. The molecule has 0 radical (unpaired) electrons. The second kappa shape index (κ2) is 7.77. The highest BCUT2D eigenvalue weighted by Gasteiger charge is 2.33. The van der Waals surface area contributed by atoms with E-state index < -0.39 is 20.9 Å². The monoisotopic (exact) mass is 399 g/mol. The molecule has 0 fully saturated rings. The zero-order valence-corrected chi connectivity index (χ0v) is 17.3. The topological polar surface area (TPSA) is 71.0 Å². The Labute approximate surface area is 166 Å². The van der Waals surface area contributed by atoms with E-state index in [-0.39, 0.29) is 0 Å². The predicted molar refractivity (Wildman–Crippen MR) is 115 cm³/mol. The summed E-state index contributed by atoms with van der Waals surface area (Å²) < 4.78 is 25.1. The Morgan fingerprint density at radius 2 is 1.68 bits per heavy atom. The number of hydrogen-bond acceptors (Lipinski definition) is 6. The fraction of sp³-hybridized carbons (Fsp3) is 0.286. The first-order chi connectivity index (χ1) is 13.2. The summed E-state index contributed by atoms with van der Waals surface area (Å²) in [4.78, 5) is 11.7. The van der Waals surface area contributed by atoms with Gasteiger partial charge in [-0.1, -0.05) is 42.5 Å². The predicted octanol–water partition coefficient (Wildman–Crippen LogP) is 4.09. The number of nitrogens with one attached hydrogen (secondary N) is 1. The third kappa shape index (κ3) is 4.61. The van der Waals surface area contributed by atoms with Gasteiger partial charge in [0.2, 0.25) is 5.50 Å². The maximum atomic E-state index is 12.5. The minimum absolute atomic E-state index is 0.415. The fourth-order valence-electron chi connectivity index (χ4n) is 2.83. The standard InChI is InChI=1S/C21H25N3O3S/c1-21(2,3)27-23-17-12-8-9-13-19(17)24-18(16-10-6-5-7-11-16)14-15-22-20(24)28(4,25)26/h5-15,20,23H,1-4H3. The molecule has 0 aromatic heterocycles. The van der Waals surface area contributed by atoms with Gasteiger partial charge in [-0.15, -0.1) is 0 Å². The zero-order valence-electron chi connectivity index (χ0n) is 16.5. The van der Waals surface area contributed by atoms with Gasteiger partial charge in [-0.25, -0.2) is 8.42 Å². The molecule has 3 rings (SSSR count). The van der Waals surface area contributed by atoms with Gasteiger partial charge in [0.05, 0.1) is 22.7 Å². The second-order valence-electron chi connectivity index (χ2n) is 7.58. The Bertz CT molecular complexity index is 993. The van der Waals surface area contributed by atoms with Gasteiger partial charge in [-0.05, 0) is 44.5 Å². The van der Waals surface area contributed by atoms with Crippen LogP contribution in [0.2, 0.25) is 0 Å². The smallest absolute Gasteiger partial charge is 0.228 e. The van der Waals surface area contributed by atoms with Gasteiger partial charge < -0.3 is 4.90 Å². The van der Waals surface area contributed by atoms with E-state index in [4.69, 9.17) is 4.84 Å². The number of allylic oxidation sites excluding steroid dienone is 1. The van der Waals surface area contributed by atoms with Crippen LogP contribution in [0.15, 0.2) is 65.7 Å². The van der Waals surface area contributed by atoms with Gasteiger partial charge in [0.1, 0.15) is 0 Å². The van der Waals surface area contributed by atoms with E-state index in [0.717, 1.165) is 11.3 Å². The van der Waals surface area contributed by atoms with Crippen molar-refractivity contribution in [2.45, 2.75) is 31.9 Å². The van der Waals surface area contributed by atoms with Crippen LogP contribution in [0.4, 0.5) is 11.4 Å². The van der Waals surface area contributed by atoms with Crippen molar-refractivity contribution in [1.29, 1.82) is 0 Å².